The number of carbonyl (C=O) groups is 1. The molecule has 1 aromatic heterocycles. The second-order valence-corrected chi connectivity index (χ2v) is 10.7. The Labute approximate surface area is 216 Å². The second kappa shape index (κ2) is 10.4. The van der Waals surface area contributed by atoms with Gasteiger partial charge in [0.1, 0.15) is 15.8 Å². The summed E-state index contributed by atoms with van der Waals surface area (Å²) in [5.74, 6) is 0.875. The predicted molar refractivity (Wildman–Crippen MR) is 147 cm³/mol. The lowest BCUT2D eigenvalue weighted by Gasteiger charge is -2.21. The van der Waals surface area contributed by atoms with Crippen molar-refractivity contribution in [2.75, 3.05) is 6.61 Å². The van der Waals surface area contributed by atoms with Crippen LogP contribution in [0, 0.1) is 6.92 Å². The highest BCUT2D eigenvalue weighted by Crippen LogP contribution is 2.39. The number of thiocarbonyl (C=S) groups is 1. The van der Waals surface area contributed by atoms with Gasteiger partial charge in [0, 0.05) is 23.4 Å². The van der Waals surface area contributed by atoms with Crippen LogP contribution in [0.2, 0.25) is 0 Å². The van der Waals surface area contributed by atoms with E-state index in [1.54, 1.807) is 0 Å². The molecule has 0 unspecified atom stereocenters. The molecule has 2 aromatic carbocycles. The third kappa shape index (κ3) is 4.93. The molecule has 5 rings (SSSR count). The van der Waals surface area contributed by atoms with Gasteiger partial charge < -0.3 is 4.74 Å². The number of ether oxygens (including phenoxy) is 1. The fourth-order valence-corrected chi connectivity index (χ4v) is 6.12. The largest absolute Gasteiger partial charge is 0.494 e. The number of hydrogen-bond acceptors (Lipinski definition) is 5. The lowest BCUT2D eigenvalue weighted by molar-refractivity contribution is -0.123. The number of nitrogens with zero attached hydrogens (tertiary/aromatic N) is 3. The van der Waals surface area contributed by atoms with Crippen molar-refractivity contribution >= 4 is 40.3 Å². The molecule has 2 aliphatic rings. The SMILES string of the molecule is CCCOc1ccc(-c2nn(-c3ccccc3)cc2C=C2SC(=S)N(C3CCCC3)C2=O)c(C)c1. The van der Waals surface area contributed by atoms with Gasteiger partial charge in [0.2, 0.25) is 0 Å². The number of benzene rings is 2. The highest BCUT2D eigenvalue weighted by molar-refractivity contribution is 8.26. The van der Waals surface area contributed by atoms with Crippen LogP contribution in [0.4, 0.5) is 0 Å². The molecule has 0 N–H and O–H groups in total. The molecule has 1 amide bonds. The molecule has 2 heterocycles. The summed E-state index contributed by atoms with van der Waals surface area (Å²) in [5.41, 5.74) is 4.78. The smallest absolute Gasteiger partial charge is 0.266 e. The Bertz CT molecular complexity index is 1280. The van der Waals surface area contributed by atoms with Crippen molar-refractivity contribution in [3.05, 3.63) is 70.8 Å². The van der Waals surface area contributed by atoms with E-state index in [9.17, 15) is 4.79 Å². The number of aromatic nitrogens is 2. The van der Waals surface area contributed by atoms with Gasteiger partial charge >= 0.3 is 0 Å². The molecule has 0 atom stereocenters. The first-order chi connectivity index (χ1) is 17.0. The van der Waals surface area contributed by atoms with Gasteiger partial charge in [-0.05, 0) is 68.2 Å². The summed E-state index contributed by atoms with van der Waals surface area (Å²) in [6.07, 6.45) is 9.29. The molecule has 0 bridgehead atoms. The van der Waals surface area contributed by atoms with Gasteiger partial charge in [-0.2, -0.15) is 5.10 Å². The number of thioether (sulfide) groups is 1. The molecule has 1 aliphatic carbocycles. The molecule has 7 heteroatoms. The Morgan fingerprint density at radius 3 is 2.66 bits per heavy atom. The van der Waals surface area contributed by atoms with Crippen molar-refractivity contribution in [3.63, 3.8) is 0 Å². The summed E-state index contributed by atoms with van der Waals surface area (Å²) in [6, 6.07) is 16.4. The maximum absolute atomic E-state index is 13.3. The van der Waals surface area contributed by atoms with Gasteiger partial charge in [-0.3, -0.25) is 9.69 Å². The second-order valence-electron chi connectivity index (χ2n) is 9.03. The Kier molecular flexibility index (Phi) is 7.07. The van der Waals surface area contributed by atoms with Crippen LogP contribution in [-0.4, -0.2) is 37.6 Å². The van der Waals surface area contributed by atoms with Gasteiger partial charge in [-0.15, -0.1) is 0 Å². The zero-order valence-corrected chi connectivity index (χ0v) is 21.7. The minimum atomic E-state index is 0.0188. The van der Waals surface area contributed by atoms with E-state index in [2.05, 4.69) is 26.0 Å². The average molecular weight is 504 g/mol. The predicted octanol–water partition coefficient (Wildman–Crippen LogP) is 6.78. The topological polar surface area (TPSA) is 47.4 Å². The van der Waals surface area contributed by atoms with Crippen LogP contribution < -0.4 is 4.74 Å². The van der Waals surface area contributed by atoms with Crippen LogP contribution >= 0.6 is 24.0 Å². The van der Waals surface area contributed by atoms with E-state index in [0.717, 1.165) is 65.9 Å². The van der Waals surface area contributed by atoms with E-state index in [0.29, 0.717) is 15.8 Å². The Morgan fingerprint density at radius 2 is 1.94 bits per heavy atom. The average Bonchev–Trinajstić information content (AvgIpc) is 3.59. The zero-order valence-electron chi connectivity index (χ0n) is 20.1. The fourth-order valence-electron chi connectivity index (χ4n) is 4.73. The van der Waals surface area contributed by atoms with E-state index < -0.39 is 0 Å². The Hall–Kier alpha value is -2.90. The molecular weight excluding hydrogens is 474 g/mol. The molecular formula is C28H29N3O2S2. The van der Waals surface area contributed by atoms with E-state index in [4.69, 9.17) is 22.1 Å². The lowest BCUT2D eigenvalue weighted by Crippen LogP contribution is -2.36. The molecule has 35 heavy (non-hydrogen) atoms. The molecule has 0 radical (unpaired) electrons. The van der Waals surface area contributed by atoms with Gasteiger partial charge in [0.25, 0.3) is 5.91 Å². The van der Waals surface area contributed by atoms with Crippen molar-refractivity contribution in [2.24, 2.45) is 0 Å². The standard InChI is InChI=1S/C28H29N3O2S2/c1-3-15-33-23-13-14-24(19(2)16-23)26-20(18-30(29-26)21-9-5-4-6-10-21)17-25-27(32)31(28(34)35-25)22-11-7-8-12-22/h4-6,9-10,13-14,16-18,22H,3,7-8,11-12,15H2,1-2H3. The summed E-state index contributed by atoms with van der Waals surface area (Å²) in [7, 11) is 0. The lowest BCUT2D eigenvalue weighted by atomic mass is 10.0. The number of rotatable bonds is 7. The van der Waals surface area contributed by atoms with E-state index >= 15 is 0 Å². The number of hydrogen-bond donors (Lipinski definition) is 0. The summed E-state index contributed by atoms with van der Waals surface area (Å²) in [5, 5.41) is 4.95. The summed E-state index contributed by atoms with van der Waals surface area (Å²) in [4.78, 5) is 15.9. The highest BCUT2D eigenvalue weighted by Gasteiger charge is 2.38. The van der Waals surface area contributed by atoms with E-state index in [-0.39, 0.29) is 11.9 Å². The Balaban J connectivity index is 1.55. The molecule has 0 spiro atoms. The van der Waals surface area contributed by atoms with Crippen molar-refractivity contribution in [1.29, 1.82) is 0 Å². The minimum Gasteiger partial charge on any atom is -0.494 e. The van der Waals surface area contributed by atoms with Crippen LogP contribution in [0.25, 0.3) is 23.0 Å². The quantitative estimate of drug-likeness (QED) is 0.263. The summed E-state index contributed by atoms with van der Waals surface area (Å²) in [6.45, 7) is 4.85. The third-order valence-corrected chi connectivity index (χ3v) is 7.82. The van der Waals surface area contributed by atoms with Crippen molar-refractivity contribution in [1.82, 2.24) is 14.7 Å². The highest BCUT2D eigenvalue weighted by atomic mass is 32.2. The van der Waals surface area contributed by atoms with E-state index in [1.807, 2.05) is 58.3 Å². The molecule has 1 aliphatic heterocycles. The van der Waals surface area contributed by atoms with Gasteiger partial charge in [-0.25, -0.2) is 4.68 Å². The minimum absolute atomic E-state index is 0.0188. The van der Waals surface area contributed by atoms with Gasteiger partial charge in [0.05, 0.1) is 17.2 Å². The first kappa shape index (κ1) is 23.8. The van der Waals surface area contributed by atoms with Crippen molar-refractivity contribution in [3.8, 4) is 22.7 Å². The normalized spacial score (nSPS) is 17.7. The van der Waals surface area contributed by atoms with Crippen LogP contribution in [-0.2, 0) is 4.79 Å². The van der Waals surface area contributed by atoms with Crippen LogP contribution in [0.15, 0.2) is 59.6 Å². The third-order valence-electron chi connectivity index (χ3n) is 6.49. The monoisotopic (exact) mass is 503 g/mol. The fraction of sp³-hybridized carbons (Fsp3) is 0.321. The molecule has 2 fully saturated rings. The van der Waals surface area contributed by atoms with Crippen molar-refractivity contribution in [2.45, 2.75) is 52.0 Å². The number of aryl methyl sites for hydroxylation is 1. The first-order valence-corrected chi connectivity index (χ1v) is 13.4. The first-order valence-electron chi connectivity index (χ1n) is 12.2. The molecule has 3 aromatic rings. The zero-order chi connectivity index (χ0) is 24.4. The molecule has 180 valence electrons. The summed E-state index contributed by atoms with van der Waals surface area (Å²) < 4.78 is 8.36. The number of amides is 1. The summed E-state index contributed by atoms with van der Waals surface area (Å²) >= 11 is 7.02. The van der Waals surface area contributed by atoms with Crippen LogP contribution in [0.5, 0.6) is 5.75 Å². The van der Waals surface area contributed by atoms with Crippen molar-refractivity contribution < 1.29 is 9.53 Å². The number of carbonyl (C=O) groups excluding carboxylic acids is 1. The maximum atomic E-state index is 13.3. The van der Waals surface area contributed by atoms with Gasteiger partial charge in [-0.1, -0.05) is 61.9 Å². The Morgan fingerprint density at radius 1 is 1.17 bits per heavy atom. The molecule has 5 nitrogen and oxygen atoms in total. The number of para-hydroxylation sites is 1. The molecule has 1 saturated heterocycles. The van der Waals surface area contributed by atoms with Crippen LogP contribution in [0.1, 0.15) is 50.2 Å². The van der Waals surface area contributed by atoms with Crippen LogP contribution in [0.3, 0.4) is 0 Å². The maximum Gasteiger partial charge on any atom is 0.266 e. The van der Waals surface area contributed by atoms with Gasteiger partial charge in [0.15, 0.2) is 0 Å². The molecule has 1 saturated carbocycles. The van der Waals surface area contributed by atoms with E-state index in [1.165, 1.54) is 11.8 Å².